The number of hydrogen-bond acceptors (Lipinski definition) is 10. The lowest BCUT2D eigenvalue weighted by Crippen LogP contribution is -2.60. The highest BCUT2D eigenvalue weighted by Gasteiger charge is 2.64. The molecule has 5 rings (SSSR count). The summed E-state index contributed by atoms with van der Waals surface area (Å²) in [6.45, 7) is 3.18. The molecule has 4 amide bonds. The predicted octanol–water partition coefficient (Wildman–Crippen LogP) is 4.09. The van der Waals surface area contributed by atoms with E-state index < -0.39 is 105 Å². The van der Waals surface area contributed by atoms with Gasteiger partial charge < -0.3 is 29.7 Å². The van der Waals surface area contributed by atoms with Crippen LogP contribution >= 0.6 is 0 Å². The number of methoxy groups -OCH3 is 1. The van der Waals surface area contributed by atoms with Crippen molar-refractivity contribution in [2.75, 3.05) is 20.3 Å². The highest BCUT2D eigenvalue weighted by atomic mass is 32.2. The number of alkyl carbamates (subject to hydrolysis) is 1. The maximum atomic E-state index is 14.6. The van der Waals surface area contributed by atoms with Crippen molar-refractivity contribution in [2.45, 2.75) is 113 Å². The van der Waals surface area contributed by atoms with Gasteiger partial charge in [-0.25, -0.2) is 22.4 Å². The summed E-state index contributed by atoms with van der Waals surface area (Å²) in [6.07, 6.45) is -3.17. The number of ether oxygens (including phenoxy) is 3. The molecule has 3 N–H and O–H groups in total. The van der Waals surface area contributed by atoms with Crippen molar-refractivity contribution in [1.82, 2.24) is 20.3 Å². The second-order valence-electron chi connectivity index (χ2n) is 15.8. The average molecular weight is 817 g/mol. The highest BCUT2D eigenvalue weighted by Crippen LogP contribution is 2.48. The number of para-hydroxylation sites is 1. The van der Waals surface area contributed by atoms with E-state index in [9.17, 15) is 50.0 Å². The third kappa shape index (κ3) is 8.76. The van der Waals surface area contributed by atoms with Gasteiger partial charge in [-0.1, -0.05) is 38.1 Å². The standard InChI is InChI=1S/C37H48F4N4O10S/c1-21-10-6-7-11-23-18-36(23,32(49)44-56(51,52)35(20-38)14-15-35)43-29(46)26-17-24(54-31(48)25-12-8-9-13-27(25)53-5)19-45(26)30(47)28(22(2)16-21)42-33(50)55-34(3,4)37(39,40)41/h7-9,11-13,21-24,26,28H,6,10,14-20H2,1-5H3,(H,42,50)(H,43,46)(H,44,49)/b11-7-/t21-,22+,23-,24+,26-,28?,36+/m0/s1. The van der Waals surface area contributed by atoms with Crippen LogP contribution in [0.15, 0.2) is 36.4 Å². The van der Waals surface area contributed by atoms with Gasteiger partial charge in [0.25, 0.3) is 5.91 Å². The highest BCUT2D eigenvalue weighted by molar-refractivity contribution is 7.91. The molecule has 2 saturated carbocycles. The molecule has 1 saturated heterocycles. The molecule has 56 heavy (non-hydrogen) atoms. The van der Waals surface area contributed by atoms with Gasteiger partial charge in [0.2, 0.25) is 27.4 Å². The van der Waals surface area contributed by atoms with Crippen LogP contribution in [0.1, 0.15) is 83.0 Å². The van der Waals surface area contributed by atoms with E-state index >= 15 is 0 Å². The van der Waals surface area contributed by atoms with E-state index in [1.807, 2.05) is 11.6 Å². The summed E-state index contributed by atoms with van der Waals surface area (Å²) in [4.78, 5) is 70.0. The molecule has 19 heteroatoms. The molecule has 1 aromatic rings. The number of hydrogen-bond donors (Lipinski definition) is 3. The van der Waals surface area contributed by atoms with Crippen LogP contribution in [-0.2, 0) is 33.9 Å². The molecule has 0 bridgehead atoms. The van der Waals surface area contributed by atoms with Gasteiger partial charge in [-0.05, 0) is 76.3 Å². The van der Waals surface area contributed by atoms with Crippen LogP contribution in [0.2, 0.25) is 0 Å². The van der Waals surface area contributed by atoms with Crippen molar-refractivity contribution >= 4 is 39.8 Å². The Hall–Kier alpha value is -4.42. The maximum Gasteiger partial charge on any atom is 0.427 e. The molecule has 14 nitrogen and oxygen atoms in total. The molecule has 0 spiro atoms. The molecule has 310 valence electrons. The number of carbonyl (C=O) groups excluding carboxylic acids is 5. The number of nitrogens with zero attached hydrogens (tertiary/aromatic N) is 1. The van der Waals surface area contributed by atoms with Crippen molar-refractivity contribution in [3.05, 3.63) is 42.0 Å². The average Bonchev–Trinajstić information content (AvgIpc) is 4.02. The molecule has 3 fully saturated rings. The first-order chi connectivity index (χ1) is 26.1. The summed E-state index contributed by atoms with van der Waals surface area (Å²) in [6, 6.07) is 3.15. The third-order valence-corrected chi connectivity index (χ3v) is 13.3. The zero-order valence-electron chi connectivity index (χ0n) is 31.7. The van der Waals surface area contributed by atoms with Gasteiger partial charge >= 0.3 is 18.2 Å². The van der Waals surface area contributed by atoms with E-state index in [-0.39, 0.29) is 42.9 Å². The second-order valence-corrected chi connectivity index (χ2v) is 17.9. The number of benzene rings is 1. The number of esters is 1. The molecule has 2 heterocycles. The van der Waals surface area contributed by atoms with Gasteiger partial charge in [-0.15, -0.1) is 0 Å². The minimum atomic E-state index is -4.95. The van der Waals surface area contributed by atoms with E-state index in [0.29, 0.717) is 33.1 Å². The lowest BCUT2D eigenvalue weighted by atomic mass is 9.88. The minimum Gasteiger partial charge on any atom is -0.496 e. The van der Waals surface area contributed by atoms with Crippen molar-refractivity contribution in [2.24, 2.45) is 17.8 Å². The topological polar surface area (TPSA) is 187 Å². The number of allylic oxidation sites excluding steroid dienone is 1. The zero-order valence-corrected chi connectivity index (χ0v) is 32.6. The molecular formula is C37H48F4N4O10S. The Balaban J connectivity index is 1.49. The first-order valence-corrected chi connectivity index (χ1v) is 19.9. The number of rotatable bonds is 9. The Morgan fingerprint density at radius 1 is 1.07 bits per heavy atom. The Morgan fingerprint density at radius 2 is 1.75 bits per heavy atom. The Kier molecular flexibility index (Phi) is 12.1. The Bertz CT molecular complexity index is 1850. The largest absolute Gasteiger partial charge is 0.496 e. The van der Waals surface area contributed by atoms with Gasteiger partial charge in [0.15, 0.2) is 0 Å². The lowest BCUT2D eigenvalue weighted by molar-refractivity contribution is -0.244. The van der Waals surface area contributed by atoms with E-state index in [1.54, 1.807) is 31.2 Å². The lowest BCUT2D eigenvalue weighted by Gasteiger charge is -2.34. The van der Waals surface area contributed by atoms with Gasteiger partial charge in [-0.3, -0.25) is 19.1 Å². The smallest absolute Gasteiger partial charge is 0.427 e. The summed E-state index contributed by atoms with van der Waals surface area (Å²) >= 11 is 0. The summed E-state index contributed by atoms with van der Waals surface area (Å²) in [7, 11) is -3.14. The van der Waals surface area contributed by atoms with Gasteiger partial charge in [0.05, 0.1) is 13.7 Å². The molecular weight excluding hydrogens is 768 g/mol. The molecule has 2 aliphatic heterocycles. The van der Waals surface area contributed by atoms with Crippen molar-refractivity contribution in [3.8, 4) is 5.75 Å². The number of halogens is 4. The van der Waals surface area contributed by atoms with Crippen molar-refractivity contribution in [3.63, 3.8) is 0 Å². The van der Waals surface area contributed by atoms with Crippen molar-refractivity contribution < 1.29 is 64.2 Å². The molecule has 1 unspecified atom stereocenters. The maximum absolute atomic E-state index is 14.6. The van der Waals surface area contributed by atoms with Crippen LogP contribution in [0.3, 0.4) is 0 Å². The molecule has 0 radical (unpaired) electrons. The fraction of sp³-hybridized carbons (Fsp3) is 0.649. The SMILES string of the molecule is COc1ccccc1C(=O)O[C@@H]1C[C@H]2C(=O)N[C@]3(C(=O)NS(=O)(=O)C4(CF)CC4)C[C@@H]3/C=C\CC[C@H](C)C[C@@H](C)C(NC(=O)OC(C)(C)C(F)(F)F)C(=O)N2C1. The van der Waals surface area contributed by atoms with Gasteiger partial charge in [0, 0.05) is 12.3 Å². The van der Waals surface area contributed by atoms with Gasteiger partial charge in [-0.2, -0.15) is 13.2 Å². The fourth-order valence-electron chi connectivity index (χ4n) is 7.22. The number of alkyl halides is 4. The van der Waals surface area contributed by atoms with E-state index in [4.69, 9.17) is 14.2 Å². The van der Waals surface area contributed by atoms with E-state index in [1.165, 1.54) is 19.2 Å². The fourth-order valence-corrected chi connectivity index (χ4v) is 8.65. The van der Waals surface area contributed by atoms with Crippen LogP contribution in [0.25, 0.3) is 0 Å². The molecule has 0 aromatic heterocycles. The monoisotopic (exact) mass is 816 g/mol. The first-order valence-electron chi connectivity index (χ1n) is 18.4. The number of nitrogens with one attached hydrogen (secondary N) is 3. The third-order valence-electron chi connectivity index (χ3n) is 11.2. The summed E-state index contributed by atoms with van der Waals surface area (Å²) in [5.41, 5.74) is -4.69. The van der Waals surface area contributed by atoms with Gasteiger partial charge in [0.1, 0.15) is 46.5 Å². The predicted molar refractivity (Wildman–Crippen MR) is 191 cm³/mol. The van der Waals surface area contributed by atoms with Crippen LogP contribution in [0, 0.1) is 17.8 Å². The number of carbonyl (C=O) groups is 5. The number of fused-ring (bicyclic) bond motifs is 2. The minimum absolute atomic E-state index is 0.00989. The summed E-state index contributed by atoms with van der Waals surface area (Å²) < 4.78 is 96.9. The Morgan fingerprint density at radius 3 is 2.38 bits per heavy atom. The van der Waals surface area contributed by atoms with E-state index in [0.717, 1.165) is 4.90 Å². The van der Waals surface area contributed by atoms with Crippen molar-refractivity contribution in [1.29, 1.82) is 0 Å². The normalized spacial score (nSPS) is 29.9. The van der Waals surface area contributed by atoms with Crippen LogP contribution in [-0.4, -0.2) is 104 Å². The zero-order chi connectivity index (χ0) is 41.4. The second kappa shape index (κ2) is 15.8. The molecule has 1 aromatic carbocycles. The molecule has 7 atom stereocenters. The van der Waals surface area contributed by atoms with Crippen LogP contribution < -0.4 is 20.1 Å². The van der Waals surface area contributed by atoms with Crippen LogP contribution in [0.5, 0.6) is 5.75 Å². The van der Waals surface area contributed by atoms with Crippen LogP contribution in [0.4, 0.5) is 22.4 Å². The number of sulfonamides is 1. The quantitative estimate of drug-likeness (QED) is 0.186. The first kappa shape index (κ1) is 42.7. The summed E-state index contributed by atoms with van der Waals surface area (Å²) in [5.74, 6) is -5.08. The Labute approximate surface area is 322 Å². The molecule has 2 aliphatic carbocycles. The summed E-state index contributed by atoms with van der Waals surface area (Å²) in [5, 5.41) is 4.93. The molecule has 4 aliphatic rings. The number of amides is 4. The van der Waals surface area contributed by atoms with E-state index in [2.05, 4.69) is 10.6 Å².